The standard InChI is InChI=1S/C17H30/c1-4-5-11-16-13-9-14-17(16)12-8-6-7-10-15(2)3/h4-5,8,12,15-17H,6-7,9-11,13-14H2,1-3H3/b5-4+,12-8+. The molecule has 0 aromatic rings. The highest BCUT2D eigenvalue weighted by Crippen LogP contribution is 2.35. The number of rotatable bonds is 7. The molecule has 0 N–H and O–H groups in total. The molecule has 0 spiro atoms. The lowest BCUT2D eigenvalue weighted by molar-refractivity contribution is 0.462. The van der Waals surface area contributed by atoms with Crippen LogP contribution in [0.2, 0.25) is 0 Å². The average Bonchev–Trinajstić information content (AvgIpc) is 2.73. The summed E-state index contributed by atoms with van der Waals surface area (Å²) in [4.78, 5) is 0. The second-order valence-electron chi connectivity index (χ2n) is 5.91. The van der Waals surface area contributed by atoms with Crippen LogP contribution in [-0.4, -0.2) is 0 Å². The van der Waals surface area contributed by atoms with Crippen LogP contribution in [-0.2, 0) is 0 Å². The number of hydrogen-bond donors (Lipinski definition) is 0. The van der Waals surface area contributed by atoms with Gasteiger partial charge < -0.3 is 0 Å². The van der Waals surface area contributed by atoms with Crippen molar-refractivity contribution in [1.82, 2.24) is 0 Å². The largest absolute Gasteiger partial charge is 0.0917 e. The first-order valence-corrected chi connectivity index (χ1v) is 7.51. The molecular weight excluding hydrogens is 204 g/mol. The van der Waals surface area contributed by atoms with Gasteiger partial charge in [0.1, 0.15) is 0 Å². The van der Waals surface area contributed by atoms with Gasteiger partial charge in [-0.1, -0.05) is 51.0 Å². The van der Waals surface area contributed by atoms with E-state index in [1.54, 1.807) is 0 Å². The first-order valence-electron chi connectivity index (χ1n) is 7.51. The van der Waals surface area contributed by atoms with Gasteiger partial charge in [0.15, 0.2) is 0 Å². The van der Waals surface area contributed by atoms with Crippen LogP contribution in [0.4, 0.5) is 0 Å². The van der Waals surface area contributed by atoms with Gasteiger partial charge in [0.25, 0.3) is 0 Å². The number of allylic oxidation sites excluding steroid dienone is 4. The number of hydrogen-bond acceptors (Lipinski definition) is 0. The van der Waals surface area contributed by atoms with E-state index in [2.05, 4.69) is 45.1 Å². The molecule has 1 fully saturated rings. The lowest BCUT2D eigenvalue weighted by Gasteiger charge is -2.13. The van der Waals surface area contributed by atoms with Crippen LogP contribution in [0.1, 0.15) is 65.7 Å². The molecule has 0 aromatic carbocycles. The van der Waals surface area contributed by atoms with Crippen LogP contribution in [0.25, 0.3) is 0 Å². The molecular formula is C17H30. The van der Waals surface area contributed by atoms with E-state index in [-0.39, 0.29) is 0 Å². The van der Waals surface area contributed by atoms with Crippen LogP contribution in [0.5, 0.6) is 0 Å². The van der Waals surface area contributed by atoms with Crippen molar-refractivity contribution in [3.63, 3.8) is 0 Å². The fraction of sp³-hybridized carbons (Fsp3) is 0.765. The molecule has 17 heavy (non-hydrogen) atoms. The maximum atomic E-state index is 2.52. The molecule has 0 bridgehead atoms. The van der Waals surface area contributed by atoms with Crippen molar-refractivity contribution in [3.8, 4) is 0 Å². The molecule has 2 unspecified atom stereocenters. The third-order valence-electron chi connectivity index (χ3n) is 3.93. The number of unbranched alkanes of at least 4 members (excludes halogenated alkanes) is 1. The Bertz CT molecular complexity index is 234. The maximum Gasteiger partial charge on any atom is -0.0202 e. The van der Waals surface area contributed by atoms with Gasteiger partial charge in [-0.25, -0.2) is 0 Å². The van der Waals surface area contributed by atoms with Crippen LogP contribution in [0.3, 0.4) is 0 Å². The highest BCUT2D eigenvalue weighted by molar-refractivity contribution is 4.97. The highest BCUT2D eigenvalue weighted by Gasteiger charge is 2.23. The van der Waals surface area contributed by atoms with E-state index in [1.807, 2.05) is 0 Å². The van der Waals surface area contributed by atoms with Crippen LogP contribution < -0.4 is 0 Å². The van der Waals surface area contributed by atoms with Crippen molar-refractivity contribution in [3.05, 3.63) is 24.3 Å². The molecule has 0 heterocycles. The molecule has 1 rings (SSSR count). The van der Waals surface area contributed by atoms with Crippen LogP contribution in [0, 0.1) is 17.8 Å². The summed E-state index contributed by atoms with van der Waals surface area (Å²) in [6.07, 6.45) is 19.1. The van der Waals surface area contributed by atoms with Gasteiger partial charge in [-0.2, -0.15) is 0 Å². The molecule has 0 saturated heterocycles. The van der Waals surface area contributed by atoms with E-state index in [1.165, 1.54) is 44.9 Å². The Morgan fingerprint density at radius 3 is 2.71 bits per heavy atom. The van der Waals surface area contributed by atoms with Gasteiger partial charge >= 0.3 is 0 Å². The average molecular weight is 234 g/mol. The fourth-order valence-electron chi connectivity index (χ4n) is 2.84. The van der Waals surface area contributed by atoms with E-state index in [0.29, 0.717) is 0 Å². The summed E-state index contributed by atoms with van der Waals surface area (Å²) in [5.41, 5.74) is 0. The molecule has 0 radical (unpaired) electrons. The smallest absolute Gasteiger partial charge is 0.0202 e. The predicted molar refractivity (Wildman–Crippen MR) is 78.1 cm³/mol. The zero-order valence-electron chi connectivity index (χ0n) is 12.0. The van der Waals surface area contributed by atoms with Gasteiger partial charge in [0.2, 0.25) is 0 Å². The van der Waals surface area contributed by atoms with Gasteiger partial charge in [-0.3, -0.25) is 0 Å². The molecule has 0 aromatic heterocycles. The monoisotopic (exact) mass is 234 g/mol. The summed E-state index contributed by atoms with van der Waals surface area (Å²) in [5, 5.41) is 0. The lowest BCUT2D eigenvalue weighted by atomic mass is 9.92. The summed E-state index contributed by atoms with van der Waals surface area (Å²) in [6, 6.07) is 0. The SMILES string of the molecule is C/C=C/CC1CCCC1/C=C/CCCC(C)C. The van der Waals surface area contributed by atoms with Crippen molar-refractivity contribution in [1.29, 1.82) is 0 Å². The Labute approximate surface area is 108 Å². The molecule has 2 atom stereocenters. The van der Waals surface area contributed by atoms with E-state index in [9.17, 15) is 0 Å². The Balaban J connectivity index is 2.22. The zero-order valence-corrected chi connectivity index (χ0v) is 12.0. The maximum absolute atomic E-state index is 2.52. The van der Waals surface area contributed by atoms with Gasteiger partial charge in [0.05, 0.1) is 0 Å². The molecule has 0 amide bonds. The third-order valence-corrected chi connectivity index (χ3v) is 3.93. The summed E-state index contributed by atoms with van der Waals surface area (Å²) in [6.45, 7) is 6.76. The Morgan fingerprint density at radius 1 is 1.18 bits per heavy atom. The first-order chi connectivity index (χ1) is 8.24. The van der Waals surface area contributed by atoms with Gasteiger partial charge in [0, 0.05) is 0 Å². The summed E-state index contributed by atoms with van der Waals surface area (Å²) < 4.78 is 0. The topological polar surface area (TPSA) is 0 Å². The highest BCUT2D eigenvalue weighted by atomic mass is 14.3. The van der Waals surface area contributed by atoms with E-state index < -0.39 is 0 Å². The van der Waals surface area contributed by atoms with Crippen LogP contribution in [0.15, 0.2) is 24.3 Å². The van der Waals surface area contributed by atoms with Gasteiger partial charge in [-0.15, -0.1) is 0 Å². The summed E-state index contributed by atoms with van der Waals surface area (Å²) in [5.74, 6) is 2.65. The second-order valence-corrected chi connectivity index (χ2v) is 5.91. The minimum absolute atomic E-state index is 0.859. The quantitative estimate of drug-likeness (QED) is 0.388. The normalized spacial score (nSPS) is 25.6. The Morgan fingerprint density at radius 2 is 2.00 bits per heavy atom. The summed E-state index contributed by atoms with van der Waals surface area (Å²) >= 11 is 0. The molecule has 98 valence electrons. The Hall–Kier alpha value is -0.520. The third kappa shape index (κ3) is 6.10. The van der Waals surface area contributed by atoms with Crippen molar-refractivity contribution >= 4 is 0 Å². The van der Waals surface area contributed by atoms with Crippen molar-refractivity contribution < 1.29 is 0 Å². The zero-order chi connectivity index (χ0) is 12.5. The molecule has 1 aliphatic carbocycles. The first kappa shape index (κ1) is 14.5. The fourth-order valence-corrected chi connectivity index (χ4v) is 2.84. The lowest BCUT2D eigenvalue weighted by Crippen LogP contribution is -2.03. The Kier molecular flexibility index (Phi) is 7.32. The molecule has 0 heteroatoms. The molecule has 0 aliphatic heterocycles. The molecule has 0 nitrogen and oxygen atoms in total. The minimum Gasteiger partial charge on any atom is -0.0917 e. The molecule has 1 saturated carbocycles. The van der Waals surface area contributed by atoms with Crippen molar-refractivity contribution in [2.45, 2.75) is 65.7 Å². The van der Waals surface area contributed by atoms with E-state index in [0.717, 1.165) is 17.8 Å². The van der Waals surface area contributed by atoms with Crippen LogP contribution >= 0.6 is 0 Å². The minimum atomic E-state index is 0.859. The van der Waals surface area contributed by atoms with Gasteiger partial charge in [-0.05, 0) is 56.8 Å². The van der Waals surface area contributed by atoms with E-state index >= 15 is 0 Å². The van der Waals surface area contributed by atoms with Crippen molar-refractivity contribution in [2.75, 3.05) is 0 Å². The molecule has 1 aliphatic rings. The second kappa shape index (κ2) is 8.55. The van der Waals surface area contributed by atoms with E-state index in [4.69, 9.17) is 0 Å². The summed E-state index contributed by atoms with van der Waals surface area (Å²) in [7, 11) is 0. The predicted octanol–water partition coefficient (Wildman–Crippen LogP) is 5.75. The van der Waals surface area contributed by atoms with Crippen molar-refractivity contribution in [2.24, 2.45) is 17.8 Å².